The number of benzene rings is 10. The number of carboxylic acid groups (broad SMARTS) is 4. The van der Waals surface area contributed by atoms with Crippen molar-refractivity contribution < 1.29 is 52.8 Å². The Morgan fingerprint density at radius 1 is 0.408 bits per heavy atom. The van der Waals surface area contributed by atoms with Crippen molar-refractivity contribution in [2.24, 2.45) is 0 Å². The van der Waals surface area contributed by atoms with Gasteiger partial charge in [-0.1, -0.05) is 311 Å². The van der Waals surface area contributed by atoms with Crippen LogP contribution in [0.25, 0.3) is 97.0 Å². The lowest BCUT2D eigenvalue weighted by molar-refractivity contribution is -0.138. The number of carboxylic acids is 4. The van der Waals surface area contributed by atoms with Crippen LogP contribution in [0.15, 0.2) is 295 Å². The minimum atomic E-state index is -4.48. The van der Waals surface area contributed by atoms with Crippen molar-refractivity contribution in [3.63, 3.8) is 0 Å². The van der Waals surface area contributed by atoms with Gasteiger partial charge in [0.15, 0.2) is 0 Å². The maximum absolute atomic E-state index is 14.1. The van der Waals surface area contributed by atoms with Gasteiger partial charge in [-0.15, -0.1) is 11.3 Å². The number of nitrogens with zero attached hydrogens (tertiary/aromatic N) is 1. The largest absolute Gasteiger partial charge is 0.478 e. The molecule has 0 unspecified atom stereocenters. The molecule has 0 spiro atoms. The monoisotopic (exact) mass is 1820 g/mol. The highest BCUT2D eigenvalue weighted by molar-refractivity contribution is 7.16. The van der Waals surface area contributed by atoms with Crippen LogP contribution in [0, 0.1) is 27.3 Å². The number of thiophene rings is 2. The van der Waals surface area contributed by atoms with Gasteiger partial charge in [0.25, 0.3) is 0 Å². The smallest absolute Gasteiger partial charge is 0.417 e. The van der Waals surface area contributed by atoms with Crippen LogP contribution >= 0.6 is 57.5 Å². The molecule has 0 aliphatic heterocycles. The van der Waals surface area contributed by atoms with Crippen LogP contribution in [0.2, 0.25) is 9.36 Å². The molecule has 0 atom stereocenters. The van der Waals surface area contributed by atoms with Crippen LogP contribution in [-0.2, 0) is 51.0 Å². The number of alkyl halides is 3. The minimum absolute atomic E-state index is 0.187. The van der Waals surface area contributed by atoms with Crippen molar-refractivity contribution in [3.8, 4) is 0 Å². The van der Waals surface area contributed by atoms with E-state index in [0.29, 0.717) is 34.5 Å². The van der Waals surface area contributed by atoms with E-state index in [1.54, 1.807) is 60.8 Å². The number of aliphatic carboxylic acids is 4. The Hall–Kier alpha value is -13.5. The second-order valence-corrected chi connectivity index (χ2v) is 35.1. The lowest BCUT2D eigenvalue weighted by atomic mass is 9.85. The molecule has 10 aromatic carbocycles. The second-order valence-electron chi connectivity index (χ2n) is 31.6. The molecule has 0 saturated carbocycles. The molecule has 0 saturated heterocycles. The molecular formula is C113H93Cl3F3NO8S2. The van der Waals surface area contributed by atoms with Crippen molar-refractivity contribution >= 4 is 179 Å². The van der Waals surface area contributed by atoms with Gasteiger partial charge in [0.2, 0.25) is 5.00 Å². The zero-order valence-electron chi connectivity index (χ0n) is 72.6. The summed E-state index contributed by atoms with van der Waals surface area (Å²) in [5.74, 6) is -3.93. The molecular weight excluding hydrogens is 1730 g/mol. The summed E-state index contributed by atoms with van der Waals surface area (Å²) in [6, 6.07) is 79.2. The molecule has 16 rings (SSSR count). The van der Waals surface area contributed by atoms with Crippen LogP contribution in [-0.4, -0.2) is 44.3 Å². The van der Waals surface area contributed by atoms with Crippen molar-refractivity contribution in [1.29, 1.82) is 0 Å². The van der Waals surface area contributed by atoms with Crippen LogP contribution in [0.5, 0.6) is 0 Å². The molecule has 17 heteroatoms. The highest BCUT2D eigenvalue weighted by Gasteiger charge is 2.36. The maximum atomic E-state index is 14.1. The standard InChI is InChI=1S/C30H25F3O2.C29H25ClO2.C27H20ClNO2S.C27H23ClO2S/c1-3-25(26-14-8-19(2)16-27(26)30(31,32)33)29(24-17-22-6-4-5-7-23(22)18-24)21-12-9-20(10-13-21)11-15-28(34)35;1-3-25(26-14-8-19(2)16-27(26)30)29(24-17-22-6-4-5-7-23(22)18-24)21-12-9-20(10-13-21)11-15-28(31)32;1-3-20(22-14-15-32-27(22)29-2)25(18-11-8-17(9-12-18)10-13-24(30)31)23-16-19-6-4-5-7-21(19)26(23)28;1-3-23(24-14-17(2)31-27(24)28)26(22-15-20-6-4-5-7-21(20)16-22)19-11-8-18(9-12-19)10-13-25(29)30/h4-17H,3,18H2,1-2H3,(H,34,35);4-17H,3,18H2,1-2H3,(H,31,32);4-15H,3,16H2,1H3,(H,30,31);4-15H,3,16H2,1-2H3,(H,29,30)/b2*15-11+,29-25+;13-10+,25-20+;13-10+,26-23+. The van der Waals surface area contributed by atoms with Crippen molar-refractivity contribution in [1.82, 2.24) is 0 Å². The maximum Gasteiger partial charge on any atom is 0.417 e. The van der Waals surface area contributed by atoms with Gasteiger partial charge in [0.1, 0.15) is 4.34 Å². The van der Waals surface area contributed by atoms with Crippen LogP contribution in [0.4, 0.5) is 18.2 Å². The van der Waals surface area contributed by atoms with E-state index in [0.717, 1.165) is 183 Å². The summed E-state index contributed by atoms with van der Waals surface area (Å²) >= 11 is 23.3. The topological polar surface area (TPSA) is 154 Å². The fourth-order valence-electron chi connectivity index (χ4n) is 17.1. The molecule has 4 N–H and O–H groups in total. The molecule has 130 heavy (non-hydrogen) atoms. The summed E-state index contributed by atoms with van der Waals surface area (Å²) in [6.07, 6.45) is 18.9. The van der Waals surface area contributed by atoms with E-state index in [9.17, 15) is 32.3 Å². The van der Waals surface area contributed by atoms with Gasteiger partial charge in [-0.2, -0.15) is 24.5 Å². The van der Waals surface area contributed by atoms with E-state index >= 15 is 0 Å². The fraction of sp³-hybridized carbons (Fsp3) is 0.142. The van der Waals surface area contributed by atoms with Crippen molar-refractivity contribution in [2.75, 3.05) is 0 Å². The second kappa shape index (κ2) is 43.1. The third kappa shape index (κ3) is 22.8. The number of allylic oxidation sites excluding steroid dienone is 12. The van der Waals surface area contributed by atoms with Gasteiger partial charge in [0.05, 0.1) is 17.2 Å². The summed E-state index contributed by atoms with van der Waals surface area (Å²) in [5.41, 5.74) is 34.2. The van der Waals surface area contributed by atoms with Gasteiger partial charge in [-0.3, -0.25) is 0 Å². The van der Waals surface area contributed by atoms with Crippen LogP contribution < -0.4 is 0 Å². The first-order chi connectivity index (χ1) is 62.6. The van der Waals surface area contributed by atoms with Crippen molar-refractivity contribution in [2.45, 2.75) is 106 Å². The van der Waals surface area contributed by atoms with Gasteiger partial charge in [0, 0.05) is 46.2 Å². The van der Waals surface area contributed by atoms with Crippen LogP contribution in [0.1, 0.15) is 186 Å². The average molecular weight is 1820 g/mol. The van der Waals surface area contributed by atoms with Gasteiger partial charge in [-0.25, -0.2) is 24.0 Å². The number of halogens is 6. The molecule has 2 aromatic heterocycles. The summed E-state index contributed by atoms with van der Waals surface area (Å²) < 4.78 is 43.1. The molecule has 652 valence electrons. The van der Waals surface area contributed by atoms with Gasteiger partial charge >= 0.3 is 30.1 Å². The third-order valence-electron chi connectivity index (χ3n) is 23.0. The number of rotatable bonds is 24. The summed E-state index contributed by atoms with van der Waals surface area (Å²) in [7, 11) is 0. The molecule has 9 nitrogen and oxygen atoms in total. The molecule has 4 aliphatic rings. The van der Waals surface area contributed by atoms with E-state index in [-0.39, 0.29) is 5.56 Å². The van der Waals surface area contributed by atoms with Crippen LogP contribution in [0.3, 0.4) is 0 Å². The molecule has 12 aromatic rings. The average Bonchev–Trinajstić information content (AvgIpc) is 1.65. The fourth-order valence-corrected chi connectivity index (χ4v) is 19.8. The number of carbonyl (C=O) groups is 4. The van der Waals surface area contributed by atoms with Crippen molar-refractivity contribution in [3.05, 3.63) is 448 Å². The molecule has 0 fully saturated rings. The first-order valence-corrected chi connectivity index (χ1v) is 45.4. The summed E-state index contributed by atoms with van der Waals surface area (Å²) in [6.45, 7) is 21.7. The first kappa shape index (κ1) is 94.1. The molecule has 0 radical (unpaired) electrons. The SMILES string of the molecule is CC/C(=C(\C1=Cc2ccccc2C1)c1ccc(/C=C/C(=O)O)cc1)c1cc(C)sc1Cl.CC/C(=C(\C1=Cc2ccccc2C1)c1ccc(/C=C/C(=O)O)cc1)c1ccc(C)cc1C(F)(F)F.CC/C(=C(\C1=Cc2ccccc2C1)c1ccc(/C=C/C(=O)O)cc1)c1ccc(C)cc1Cl.[C-]#[N+]c1sccc1/C(CC)=C(/C1=C(Cl)c2ccccc2C1)c1ccc(/C=C/C(=O)O)cc1. The lowest BCUT2D eigenvalue weighted by Gasteiger charge is -2.21. The Kier molecular flexibility index (Phi) is 31.2. The Balaban J connectivity index is 0.000000148. The zero-order valence-corrected chi connectivity index (χ0v) is 76.5. The number of hydrogen-bond donors (Lipinski definition) is 4. The number of fused-ring (bicyclic) bond motifs is 4. The minimum Gasteiger partial charge on any atom is -0.478 e. The predicted molar refractivity (Wildman–Crippen MR) is 535 cm³/mol. The molecule has 2 heterocycles. The summed E-state index contributed by atoms with van der Waals surface area (Å²) in [5, 5.41) is 39.7. The van der Waals surface area contributed by atoms with E-state index in [1.807, 2.05) is 134 Å². The van der Waals surface area contributed by atoms with Gasteiger partial charge in [-0.05, 0) is 292 Å². The third-order valence-corrected chi connectivity index (χ3v) is 25.8. The Morgan fingerprint density at radius 2 is 0.762 bits per heavy atom. The quantitative estimate of drug-likeness (QED) is 0.0265. The lowest BCUT2D eigenvalue weighted by Crippen LogP contribution is -2.10. The normalized spacial score (nSPS) is 13.8. The Labute approximate surface area is 779 Å². The highest BCUT2D eigenvalue weighted by atomic mass is 35.5. The molecule has 4 aliphatic carbocycles. The van der Waals surface area contributed by atoms with E-state index in [4.69, 9.17) is 61.8 Å². The van der Waals surface area contributed by atoms with Gasteiger partial charge < -0.3 is 20.4 Å². The molecule has 0 amide bonds. The summed E-state index contributed by atoms with van der Waals surface area (Å²) in [4.78, 5) is 48.3. The number of hydrogen-bond acceptors (Lipinski definition) is 6. The zero-order chi connectivity index (χ0) is 92.5. The first-order valence-electron chi connectivity index (χ1n) is 42.6. The Bertz CT molecular complexity index is 6810. The van der Waals surface area contributed by atoms with E-state index < -0.39 is 35.6 Å². The van der Waals surface area contributed by atoms with E-state index in [2.05, 4.69) is 148 Å². The number of aryl methyl sites for hydroxylation is 3. The predicted octanol–water partition coefficient (Wildman–Crippen LogP) is 31.5. The molecule has 0 bridgehead atoms. The Morgan fingerprint density at radius 3 is 1.12 bits per heavy atom. The highest BCUT2D eigenvalue weighted by Crippen LogP contribution is 2.51. The van der Waals surface area contributed by atoms with E-state index in [1.165, 1.54) is 89.6 Å².